The van der Waals surface area contributed by atoms with E-state index in [0.717, 1.165) is 17.6 Å². The van der Waals surface area contributed by atoms with Crippen LogP contribution in [0.2, 0.25) is 6.04 Å². The zero-order valence-electron chi connectivity index (χ0n) is 11.5. The lowest BCUT2D eigenvalue weighted by Gasteiger charge is -2.23. The molecule has 2 rings (SSSR count). The van der Waals surface area contributed by atoms with Crippen LogP contribution in [0.3, 0.4) is 0 Å². The van der Waals surface area contributed by atoms with E-state index in [1.54, 1.807) is 0 Å². The number of hydrogen-bond acceptors (Lipinski definition) is 1. The van der Waals surface area contributed by atoms with Crippen molar-refractivity contribution in [1.29, 1.82) is 0 Å². The lowest BCUT2D eigenvalue weighted by atomic mass is 10.2. The van der Waals surface area contributed by atoms with Gasteiger partial charge in [-0.25, -0.2) is 0 Å². The standard InChI is InChI=1S/C10H16N.C4H10OSi/c1-11(2,3)9-10-7-5-4-6-8-10;1-2-4-6-5-3-1/h4-8H,9H2,1-3H3;1-4,6H2/q+1;. The SMILES string of the molecule is C1CC[SiH2]OC1.C[N+](C)(C)Cc1ccccc1. The Labute approximate surface area is 108 Å². The molecule has 1 aromatic carbocycles. The van der Waals surface area contributed by atoms with Crippen molar-refractivity contribution in [3.8, 4) is 0 Å². The summed E-state index contributed by atoms with van der Waals surface area (Å²) in [5, 5.41) is 0. The number of hydrogen-bond donors (Lipinski definition) is 0. The van der Waals surface area contributed by atoms with Crippen molar-refractivity contribution in [3.63, 3.8) is 0 Å². The summed E-state index contributed by atoms with van der Waals surface area (Å²) in [5.41, 5.74) is 1.40. The summed E-state index contributed by atoms with van der Waals surface area (Å²) in [7, 11) is 6.61. The molecule has 17 heavy (non-hydrogen) atoms. The molecule has 1 fully saturated rings. The van der Waals surface area contributed by atoms with Gasteiger partial charge in [0, 0.05) is 12.2 Å². The van der Waals surface area contributed by atoms with E-state index < -0.39 is 0 Å². The summed E-state index contributed by atoms with van der Waals surface area (Å²) >= 11 is 0. The van der Waals surface area contributed by atoms with Crippen LogP contribution in [0.1, 0.15) is 18.4 Å². The molecule has 0 radical (unpaired) electrons. The Morgan fingerprint density at radius 2 is 1.82 bits per heavy atom. The lowest BCUT2D eigenvalue weighted by Crippen LogP contribution is -2.33. The Balaban J connectivity index is 0.000000202. The van der Waals surface area contributed by atoms with Crippen LogP contribution in [-0.4, -0.2) is 42.0 Å². The smallest absolute Gasteiger partial charge is 0.161 e. The average molecular weight is 252 g/mol. The summed E-state index contributed by atoms with van der Waals surface area (Å²) in [4.78, 5) is 0. The Kier molecular flexibility index (Phi) is 6.48. The number of benzene rings is 1. The fourth-order valence-corrected chi connectivity index (χ4v) is 2.99. The summed E-state index contributed by atoms with van der Waals surface area (Å²) in [6.45, 7) is 2.16. The predicted molar refractivity (Wildman–Crippen MR) is 76.7 cm³/mol. The monoisotopic (exact) mass is 252 g/mol. The lowest BCUT2D eigenvalue weighted by molar-refractivity contribution is -0.884. The summed E-state index contributed by atoms with van der Waals surface area (Å²) in [5.74, 6) is 0. The predicted octanol–water partition coefficient (Wildman–Crippen LogP) is 2.19. The molecule has 96 valence electrons. The number of quaternary nitrogens is 1. The fourth-order valence-electron chi connectivity index (χ4n) is 1.82. The van der Waals surface area contributed by atoms with Crippen LogP contribution in [0.15, 0.2) is 30.3 Å². The number of nitrogens with zero attached hydrogens (tertiary/aromatic N) is 1. The first kappa shape index (κ1) is 14.4. The van der Waals surface area contributed by atoms with E-state index in [1.807, 2.05) is 0 Å². The maximum atomic E-state index is 5.21. The van der Waals surface area contributed by atoms with Gasteiger partial charge < -0.3 is 8.91 Å². The Morgan fingerprint density at radius 1 is 1.12 bits per heavy atom. The molecule has 0 bridgehead atoms. The minimum Gasteiger partial charge on any atom is -0.424 e. The van der Waals surface area contributed by atoms with Crippen molar-refractivity contribution >= 4 is 9.76 Å². The van der Waals surface area contributed by atoms with Gasteiger partial charge in [0.15, 0.2) is 9.76 Å². The molecule has 0 unspecified atom stereocenters. The molecule has 0 aromatic heterocycles. The molecule has 2 nitrogen and oxygen atoms in total. The third-order valence-corrected chi connectivity index (χ3v) is 3.94. The van der Waals surface area contributed by atoms with Crippen LogP contribution in [0.25, 0.3) is 0 Å². The second-order valence-electron chi connectivity index (χ2n) is 5.61. The van der Waals surface area contributed by atoms with Gasteiger partial charge in [-0.3, -0.25) is 0 Å². The topological polar surface area (TPSA) is 9.23 Å². The zero-order valence-corrected chi connectivity index (χ0v) is 12.9. The molecule has 0 aliphatic carbocycles. The van der Waals surface area contributed by atoms with Crippen LogP contribution in [-0.2, 0) is 11.0 Å². The maximum absolute atomic E-state index is 5.21. The van der Waals surface area contributed by atoms with E-state index in [4.69, 9.17) is 4.43 Å². The second-order valence-corrected chi connectivity index (χ2v) is 7.13. The van der Waals surface area contributed by atoms with Crippen molar-refractivity contribution in [3.05, 3.63) is 35.9 Å². The van der Waals surface area contributed by atoms with Gasteiger partial charge in [-0.2, -0.15) is 0 Å². The Bertz CT molecular complexity index is 279. The van der Waals surface area contributed by atoms with Crippen LogP contribution in [0.5, 0.6) is 0 Å². The summed E-state index contributed by atoms with van der Waals surface area (Å²) in [6.07, 6.45) is 2.75. The van der Waals surface area contributed by atoms with E-state index in [2.05, 4.69) is 51.5 Å². The van der Waals surface area contributed by atoms with Crippen molar-refractivity contribution in [2.75, 3.05) is 27.7 Å². The average Bonchev–Trinajstić information content (AvgIpc) is 2.31. The Morgan fingerprint density at radius 3 is 2.18 bits per heavy atom. The first-order valence-electron chi connectivity index (χ1n) is 6.50. The number of rotatable bonds is 2. The normalized spacial score (nSPS) is 17.4. The third kappa shape index (κ3) is 8.13. The van der Waals surface area contributed by atoms with E-state index in [0.29, 0.717) is 0 Å². The Hall–Kier alpha value is -0.643. The van der Waals surface area contributed by atoms with E-state index in [-0.39, 0.29) is 9.76 Å². The van der Waals surface area contributed by atoms with Gasteiger partial charge in [0.2, 0.25) is 0 Å². The van der Waals surface area contributed by atoms with Crippen LogP contribution in [0.4, 0.5) is 0 Å². The molecule has 1 heterocycles. The van der Waals surface area contributed by atoms with E-state index in [9.17, 15) is 0 Å². The summed E-state index contributed by atoms with van der Waals surface area (Å²) in [6, 6.07) is 12.0. The molecule has 1 aromatic rings. The zero-order chi connectivity index (χ0) is 12.6. The van der Waals surface area contributed by atoms with Gasteiger partial charge >= 0.3 is 0 Å². The van der Waals surface area contributed by atoms with Gasteiger partial charge in [-0.05, 0) is 12.5 Å². The molecule has 1 aliphatic heterocycles. The van der Waals surface area contributed by atoms with Gasteiger partial charge in [0.1, 0.15) is 6.54 Å². The molecule has 1 saturated heterocycles. The molecule has 0 amide bonds. The molecule has 0 saturated carbocycles. The minimum absolute atomic E-state index is 0.00849. The maximum Gasteiger partial charge on any atom is 0.161 e. The highest BCUT2D eigenvalue weighted by atomic mass is 28.2. The molecule has 0 atom stereocenters. The second kappa shape index (κ2) is 7.64. The van der Waals surface area contributed by atoms with Crippen LogP contribution in [0, 0.1) is 0 Å². The molecule has 0 N–H and O–H groups in total. The first-order valence-corrected chi connectivity index (χ1v) is 8.08. The van der Waals surface area contributed by atoms with E-state index >= 15 is 0 Å². The largest absolute Gasteiger partial charge is 0.424 e. The van der Waals surface area contributed by atoms with Crippen molar-refractivity contribution < 1.29 is 8.91 Å². The highest BCUT2D eigenvalue weighted by Gasteiger charge is 2.06. The fraction of sp³-hybridized carbons (Fsp3) is 0.571. The third-order valence-electron chi connectivity index (χ3n) is 2.58. The van der Waals surface area contributed by atoms with Crippen molar-refractivity contribution in [2.45, 2.75) is 25.4 Å². The minimum atomic E-state index is 0.00849. The first-order chi connectivity index (χ1) is 8.08. The van der Waals surface area contributed by atoms with Crippen molar-refractivity contribution in [1.82, 2.24) is 0 Å². The van der Waals surface area contributed by atoms with Gasteiger partial charge in [0.25, 0.3) is 0 Å². The van der Waals surface area contributed by atoms with Crippen LogP contribution < -0.4 is 0 Å². The molecular weight excluding hydrogens is 226 g/mol. The van der Waals surface area contributed by atoms with Crippen molar-refractivity contribution in [2.24, 2.45) is 0 Å². The van der Waals surface area contributed by atoms with Gasteiger partial charge in [0.05, 0.1) is 21.1 Å². The highest BCUT2D eigenvalue weighted by Crippen LogP contribution is 2.05. The van der Waals surface area contributed by atoms with Gasteiger partial charge in [-0.1, -0.05) is 36.8 Å². The molecule has 1 aliphatic rings. The molecule has 0 spiro atoms. The van der Waals surface area contributed by atoms with Crippen LogP contribution >= 0.6 is 0 Å². The van der Waals surface area contributed by atoms with Gasteiger partial charge in [-0.15, -0.1) is 0 Å². The summed E-state index contributed by atoms with van der Waals surface area (Å²) < 4.78 is 6.20. The quantitative estimate of drug-likeness (QED) is 0.579. The highest BCUT2D eigenvalue weighted by molar-refractivity contribution is 6.27. The molecule has 3 heteroatoms. The van der Waals surface area contributed by atoms with E-state index in [1.165, 1.54) is 24.4 Å². The molecular formula is C14H26NOSi+.